The number of aromatic nitrogens is 1. The lowest BCUT2D eigenvalue weighted by Crippen LogP contribution is -2.21. The fraction of sp³-hybridized carbons (Fsp3) is 0.357. The van der Waals surface area contributed by atoms with Crippen molar-refractivity contribution in [1.29, 1.82) is 0 Å². The Hall–Kier alpha value is -1.61. The molecule has 17 heavy (non-hydrogen) atoms. The van der Waals surface area contributed by atoms with Crippen molar-refractivity contribution >= 4 is 0 Å². The van der Waals surface area contributed by atoms with Crippen molar-refractivity contribution < 1.29 is 4.42 Å². The zero-order valence-electron chi connectivity index (χ0n) is 10.5. The second-order valence-electron chi connectivity index (χ2n) is 4.47. The molecule has 0 saturated heterocycles. The van der Waals surface area contributed by atoms with E-state index in [0.29, 0.717) is 12.6 Å². The van der Waals surface area contributed by atoms with Crippen LogP contribution in [0.3, 0.4) is 0 Å². The van der Waals surface area contributed by atoms with E-state index in [0.717, 1.165) is 17.2 Å². The molecule has 1 aromatic carbocycles. The number of hydrogen-bond acceptors (Lipinski definition) is 3. The summed E-state index contributed by atoms with van der Waals surface area (Å²) in [4.78, 5) is 4.28. The predicted octanol–water partition coefficient (Wildman–Crippen LogP) is 3.15. The van der Waals surface area contributed by atoms with Crippen LogP contribution in [-0.2, 0) is 6.54 Å². The average molecular weight is 230 g/mol. The maximum atomic E-state index is 5.73. The van der Waals surface area contributed by atoms with Gasteiger partial charge in [0.1, 0.15) is 0 Å². The predicted molar refractivity (Wildman–Crippen MR) is 68.7 cm³/mol. The van der Waals surface area contributed by atoms with Gasteiger partial charge in [-0.25, -0.2) is 4.98 Å². The van der Waals surface area contributed by atoms with E-state index in [1.165, 1.54) is 5.56 Å². The highest BCUT2D eigenvalue weighted by Gasteiger charge is 2.08. The van der Waals surface area contributed by atoms with Crippen molar-refractivity contribution in [2.45, 2.75) is 33.4 Å². The summed E-state index contributed by atoms with van der Waals surface area (Å²) < 4.78 is 5.73. The highest BCUT2D eigenvalue weighted by atomic mass is 16.4. The molecule has 0 aliphatic heterocycles. The van der Waals surface area contributed by atoms with Crippen molar-refractivity contribution in [3.05, 3.63) is 41.9 Å². The summed E-state index contributed by atoms with van der Waals surface area (Å²) in [5.41, 5.74) is 2.31. The first-order valence-corrected chi connectivity index (χ1v) is 5.91. The quantitative estimate of drug-likeness (QED) is 0.876. The lowest BCUT2D eigenvalue weighted by atomic mass is 10.1. The molecule has 0 spiro atoms. The normalized spacial score (nSPS) is 11.1. The molecule has 1 aromatic heterocycles. The number of nitrogens with zero attached hydrogens (tertiary/aromatic N) is 1. The van der Waals surface area contributed by atoms with Gasteiger partial charge in [-0.15, -0.1) is 0 Å². The van der Waals surface area contributed by atoms with Gasteiger partial charge in [0.15, 0.2) is 5.76 Å². The third-order valence-corrected chi connectivity index (χ3v) is 2.63. The summed E-state index contributed by atoms with van der Waals surface area (Å²) in [5.74, 6) is 1.57. The van der Waals surface area contributed by atoms with E-state index in [1.54, 1.807) is 6.20 Å². The Morgan fingerprint density at radius 3 is 2.76 bits per heavy atom. The topological polar surface area (TPSA) is 38.1 Å². The maximum Gasteiger partial charge on any atom is 0.208 e. The van der Waals surface area contributed by atoms with Crippen LogP contribution in [0.4, 0.5) is 0 Å². The molecule has 0 aliphatic carbocycles. The third-order valence-electron chi connectivity index (χ3n) is 2.63. The summed E-state index contributed by atoms with van der Waals surface area (Å²) in [6.07, 6.45) is 1.79. The molecule has 0 unspecified atom stereocenters. The highest BCUT2D eigenvalue weighted by Crippen LogP contribution is 2.23. The molecule has 2 aromatic rings. The Morgan fingerprint density at radius 1 is 1.29 bits per heavy atom. The monoisotopic (exact) mass is 230 g/mol. The fourth-order valence-corrected chi connectivity index (χ4v) is 1.66. The van der Waals surface area contributed by atoms with E-state index in [1.807, 2.05) is 12.1 Å². The summed E-state index contributed by atoms with van der Waals surface area (Å²) in [6, 6.07) is 8.59. The second-order valence-corrected chi connectivity index (χ2v) is 4.47. The Kier molecular flexibility index (Phi) is 3.59. The Labute approximate surface area is 102 Å². The molecule has 0 radical (unpaired) electrons. The minimum atomic E-state index is 0.434. The van der Waals surface area contributed by atoms with Crippen LogP contribution in [0.1, 0.15) is 25.3 Å². The van der Waals surface area contributed by atoms with Crippen LogP contribution in [0, 0.1) is 6.92 Å². The lowest BCUT2D eigenvalue weighted by Gasteiger charge is -2.04. The first-order valence-electron chi connectivity index (χ1n) is 5.91. The van der Waals surface area contributed by atoms with Crippen LogP contribution in [-0.4, -0.2) is 11.0 Å². The SMILES string of the molecule is Cc1ccccc1-c1cnc(CNC(C)C)o1. The molecule has 90 valence electrons. The van der Waals surface area contributed by atoms with Crippen LogP contribution in [0.2, 0.25) is 0 Å². The van der Waals surface area contributed by atoms with E-state index in [-0.39, 0.29) is 0 Å². The zero-order valence-corrected chi connectivity index (χ0v) is 10.5. The Balaban J connectivity index is 2.16. The van der Waals surface area contributed by atoms with Crippen molar-refractivity contribution in [3.8, 4) is 11.3 Å². The Morgan fingerprint density at radius 2 is 2.06 bits per heavy atom. The lowest BCUT2D eigenvalue weighted by molar-refractivity contribution is 0.459. The van der Waals surface area contributed by atoms with Crippen LogP contribution < -0.4 is 5.32 Å². The largest absolute Gasteiger partial charge is 0.439 e. The number of benzene rings is 1. The number of oxazole rings is 1. The molecule has 0 amide bonds. The van der Waals surface area contributed by atoms with Crippen LogP contribution in [0.25, 0.3) is 11.3 Å². The van der Waals surface area contributed by atoms with Gasteiger partial charge in [0.2, 0.25) is 5.89 Å². The molecule has 0 atom stereocenters. The molecular formula is C14H18N2O. The number of nitrogens with one attached hydrogen (secondary N) is 1. The van der Waals surface area contributed by atoms with Gasteiger partial charge in [-0.1, -0.05) is 38.1 Å². The van der Waals surface area contributed by atoms with E-state index in [4.69, 9.17) is 4.42 Å². The number of hydrogen-bond donors (Lipinski definition) is 1. The molecule has 0 aliphatic rings. The van der Waals surface area contributed by atoms with Crippen molar-refractivity contribution in [1.82, 2.24) is 10.3 Å². The molecule has 1 N–H and O–H groups in total. The van der Waals surface area contributed by atoms with Crippen LogP contribution >= 0.6 is 0 Å². The standard InChI is InChI=1S/C14H18N2O/c1-10(2)15-9-14-16-8-13(17-14)12-7-5-4-6-11(12)3/h4-8,10,15H,9H2,1-3H3. The molecule has 3 heteroatoms. The van der Waals surface area contributed by atoms with Gasteiger partial charge in [0.25, 0.3) is 0 Å². The van der Waals surface area contributed by atoms with Gasteiger partial charge in [0.05, 0.1) is 12.7 Å². The van der Waals surface area contributed by atoms with Gasteiger partial charge < -0.3 is 9.73 Å². The highest BCUT2D eigenvalue weighted by molar-refractivity contribution is 5.60. The summed E-state index contributed by atoms with van der Waals surface area (Å²) in [6.45, 7) is 6.95. The first kappa shape index (κ1) is 11.9. The van der Waals surface area contributed by atoms with Crippen LogP contribution in [0.5, 0.6) is 0 Å². The van der Waals surface area contributed by atoms with Gasteiger partial charge in [-0.2, -0.15) is 0 Å². The van der Waals surface area contributed by atoms with Gasteiger partial charge in [-0.3, -0.25) is 0 Å². The molecular weight excluding hydrogens is 212 g/mol. The van der Waals surface area contributed by atoms with E-state index < -0.39 is 0 Å². The van der Waals surface area contributed by atoms with Crippen molar-refractivity contribution in [2.75, 3.05) is 0 Å². The molecule has 0 saturated carbocycles. The molecule has 0 fully saturated rings. The molecule has 1 heterocycles. The van der Waals surface area contributed by atoms with Gasteiger partial charge >= 0.3 is 0 Å². The minimum Gasteiger partial charge on any atom is -0.439 e. The van der Waals surface area contributed by atoms with Gasteiger partial charge in [0, 0.05) is 11.6 Å². The summed E-state index contributed by atoms with van der Waals surface area (Å²) in [7, 11) is 0. The Bertz CT molecular complexity index is 488. The molecule has 0 bridgehead atoms. The first-order chi connectivity index (χ1) is 8.16. The second kappa shape index (κ2) is 5.15. The average Bonchev–Trinajstić information content (AvgIpc) is 2.75. The van der Waals surface area contributed by atoms with Crippen LogP contribution in [0.15, 0.2) is 34.9 Å². The minimum absolute atomic E-state index is 0.434. The van der Waals surface area contributed by atoms with Crippen molar-refractivity contribution in [3.63, 3.8) is 0 Å². The molecule has 3 nitrogen and oxygen atoms in total. The summed E-state index contributed by atoms with van der Waals surface area (Å²) in [5, 5.41) is 3.28. The molecule has 2 rings (SSSR count). The summed E-state index contributed by atoms with van der Waals surface area (Å²) >= 11 is 0. The van der Waals surface area contributed by atoms with E-state index >= 15 is 0 Å². The third kappa shape index (κ3) is 2.94. The van der Waals surface area contributed by atoms with E-state index in [9.17, 15) is 0 Å². The number of rotatable bonds is 4. The maximum absolute atomic E-state index is 5.73. The van der Waals surface area contributed by atoms with Gasteiger partial charge in [-0.05, 0) is 12.5 Å². The van der Waals surface area contributed by atoms with E-state index in [2.05, 4.69) is 43.2 Å². The fourth-order valence-electron chi connectivity index (χ4n) is 1.66. The number of aryl methyl sites for hydroxylation is 1. The smallest absolute Gasteiger partial charge is 0.208 e. The van der Waals surface area contributed by atoms with Crippen molar-refractivity contribution in [2.24, 2.45) is 0 Å². The zero-order chi connectivity index (χ0) is 12.3.